The lowest BCUT2D eigenvalue weighted by atomic mass is 10.1. The Morgan fingerprint density at radius 2 is 2.05 bits per heavy atom. The maximum Gasteiger partial charge on any atom is 0.133 e. The van der Waals surface area contributed by atoms with Crippen LogP contribution in [-0.4, -0.2) is 12.0 Å². The van der Waals surface area contributed by atoms with E-state index in [1.54, 1.807) is 11.3 Å². The van der Waals surface area contributed by atoms with Gasteiger partial charge in [0.05, 0.1) is 17.9 Å². The summed E-state index contributed by atoms with van der Waals surface area (Å²) in [6.07, 6.45) is 0. The molecule has 0 spiro atoms. The summed E-state index contributed by atoms with van der Waals surface area (Å²) in [6.45, 7) is 0.854. The minimum Gasteiger partial charge on any atom is -0.354 e. The minimum atomic E-state index is 0.474. The van der Waals surface area contributed by atoms with E-state index in [0.29, 0.717) is 5.88 Å². The fraction of sp³-hybridized carbons (Fsp3) is 0.188. The molecule has 0 atom stereocenters. The third-order valence-electron chi connectivity index (χ3n) is 3.26. The largest absolute Gasteiger partial charge is 0.354 e. The van der Waals surface area contributed by atoms with Crippen molar-refractivity contribution in [2.45, 2.75) is 12.4 Å². The fourth-order valence-corrected chi connectivity index (χ4v) is 3.24. The summed E-state index contributed by atoms with van der Waals surface area (Å²) in [7, 11) is 2.06. The van der Waals surface area contributed by atoms with Crippen LogP contribution in [0.25, 0.3) is 10.9 Å². The number of anilines is 1. The van der Waals surface area contributed by atoms with Crippen LogP contribution in [0.15, 0.2) is 47.8 Å². The van der Waals surface area contributed by atoms with Crippen molar-refractivity contribution in [2.75, 3.05) is 11.9 Å². The first kappa shape index (κ1) is 13.4. The quantitative estimate of drug-likeness (QED) is 0.651. The van der Waals surface area contributed by atoms with Gasteiger partial charge in [0, 0.05) is 22.9 Å². The number of aromatic nitrogens is 1. The lowest BCUT2D eigenvalue weighted by molar-refractivity contribution is 0.908. The van der Waals surface area contributed by atoms with E-state index >= 15 is 0 Å². The Labute approximate surface area is 127 Å². The third-order valence-corrected chi connectivity index (χ3v) is 4.41. The van der Waals surface area contributed by atoms with Gasteiger partial charge < -0.3 is 4.90 Å². The standard InChI is InChI=1S/C16H15ClN2S/c1-19(11-14-6-4-8-20-14)16-13(10-17)9-12-5-2-3-7-15(12)18-16/h2-9H,10-11H2,1H3. The fourth-order valence-electron chi connectivity index (χ4n) is 2.29. The zero-order valence-electron chi connectivity index (χ0n) is 11.2. The smallest absolute Gasteiger partial charge is 0.133 e. The van der Waals surface area contributed by atoms with Gasteiger partial charge in [-0.3, -0.25) is 0 Å². The maximum atomic E-state index is 6.09. The lowest BCUT2D eigenvalue weighted by Crippen LogP contribution is -2.18. The van der Waals surface area contributed by atoms with E-state index < -0.39 is 0 Å². The van der Waals surface area contributed by atoms with Crippen molar-refractivity contribution in [3.8, 4) is 0 Å². The van der Waals surface area contributed by atoms with Crippen LogP contribution < -0.4 is 4.90 Å². The first-order chi connectivity index (χ1) is 9.78. The van der Waals surface area contributed by atoms with E-state index in [-0.39, 0.29) is 0 Å². The Balaban J connectivity index is 2.00. The molecule has 3 aromatic rings. The molecule has 0 saturated carbocycles. The van der Waals surface area contributed by atoms with Gasteiger partial charge in [-0.25, -0.2) is 4.98 Å². The third kappa shape index (κ3) is 2.65. The molecule has 20 heavy (non-hydrogen) atoms. The van der Waals surface area contributed by atoms with Gasteiger partial charge in [0.2, 0.25) is 0 Å². The maximum absolute atomic E-state index is 6.09. The highest BCUT2D eigenvalue weighted by molar-refractivity contribution is 7.09. The molecule has 0 unspecified atom stereocenters. The topological polar surface area (TPSA) is 16.1 Å². The number of halogens is 1. The Morgan fingerprint density at radius 3 is 2.80 bits per heavy atom. The summed E-state index contributed by atoms with van der Waals surface area (Å²) >= 11 is 7.85. The molecular weight excluding hydrogens is 288 g/mol. The van der Waals surface area contributed by atoms with Gasteiger partial charge in [-0.05, 0) is 23.6 Å². The van der Waals surface area contributed by atoms with Crippen molar-refractivity contribution >= 4 is 39.7 Å². The van der Waals surface area contributed by atoms with E-state index in [0.717, 1.165) is 28.8 Å². The zero-order chi connectivity index (χ0) is 13.9. The van der Waals surface area contributed by atoms with Crippen LogP contribution in [0.2, 0.25) is 0 Å². The molecule has 0 N–H and O–H groups in total. The van der Waals surface area contributed by atoms with Gasteiger partial charge in [0.25, 0.3) is 0 Å². The average Bonchev–Trinajstić information content (AvgIpc) is 2.98. The van der Waals surface area contributed by atoms with Gasteiger partial charge in [-0.15, -0.1) is 22.9 Å². The first-order valence-electron chi connectivity index (χ1n) is 6.46. The SMILES string of the molecule is CN(Cc1cccs1)c1nc2ccccc2cc1CCl. The average molecular weight is 303 g/mol. The van der Waals surface area contributed by atoms with Crippen LogP contribution >= 0.6 is 22.9 Å². The molecule has 2 heterocycles. The second-order valence-corrected chi connectivity index (χ2v) is 6.03. The second-order valence-electron chi connectivity index (χ2n) is 4.73. The Bertz CT molecular complexity index is 710. The number of para-hydroxylation sites is 1. The summed E-state index contributed by atoms with van der Waals surface area (Å²) in [5, 5.41) is 3.23. The molecule has 0 amide bonds. The molecule has 0 aliphatic heterocycles. The number of nitrogens with zero attached hydrogens (tertiary/aromatic N) is 2. The molecule has 4 heteroatoms. The van der Waals surface area contributed by atoms with Crippen molar-refractivity contribution in [2.24, 2.45) is 0 Å². The van der Waals surface area contributed by atoms with Gasteiger partial charge >= 0.3 is 0 Å². The molecule has 0 fully saturated rings. The normalized spacial score (nSPS) is 10.9. The number of hydrogen-bond donors (Lipinski definition) is 0. The van der Waals surface area contributed by atoms with Crippen LogP contribution in [0.3, 0.4) is 0 Å². The number of benzene rings is 1. The Morgan fingerprint density at radius 1 is 1.20 bits per heavy atom. The summed E-state index contributed by atoms with van der Waals surface area (Å²) in [6, 6.07) is 14.5. The molecule has 1 aromatic carbocycles. The van der Waals surface area contributed by atoms with E-state index in [1.807, 2.05) is 18.2 Å². The van der Waals surface area contributed by atoms with Gasteiger partial charge in [0.15, 0.2) is 0 Å². The summed E-state index contributed by atoms with van der Waals surface area (Å²) < 4.78 is 0. The van der Waals surface area contributed by atoms with Crippen molar-refractivity contribution in [3.05, 3.63) is 58.3 Å². The lowest BCUT2D eigenvalue weighted by Gasteiger charge is -2.20. The van der Waals surface area contributed by atoms with Crippen molar-refractivity contribution in [3.63, 3.8) is 0 Å². The van der Waals surface area contributed by atoms with E-state index in [2.05, 4.69) is 41.6 Å². The van der Waals surface area contributed by atoms with Gasteiger partial charge in [-0.1, -0.05) is 24.3 Å². The highest BCUT2D eigenvalue weighted by atomic mass is 35.5. The molecule has 0 aliphatic rings. The molecule has 0 radical (unpaired) electrons. The van der Waals surface area contributed by atoms with Crippen LogP contribution in [-0.2, 0) is 12.4 Å². The van der Waals surface area contributed by atoms with E-state index in [9.17, 15) is 0 Å². The number of fused-ring (bicyclic) bond motifs is 1. The first-order valence-corrected chi connectivity index (χ1v) is 7.87. The van der Waals surface area contributed by atoms with Gasteiger partial charge in [-0.2, -0.15) is 0 Å². The second kappa shape index (κ2) is 5.81. The molecule has 2 aromatic heterocycles. The summed E-state index contributed by atoms with van der Waals surface area (Å²) in [5.74, 6) is 1.44. The summed E-state index contributed by atoms with van der Waals surface area (Å²) in [4.78, 5) is 8.26. The molecule has 0 aliphatic carbocycles. The summed E-state index contributed by atoms with van der Waals surface area (Å²) in [5.41, 5.74) is 2.08. The molecule has 3 rings (SSSR count). The number of rotatable bonds is 4. The van der Waals surface area contributed by atoms with Crippen molar-refractivity contribution in [1.29, 1.82) is 0 Å². The van der Waals surface area contributed by atoms with Crippen LogP contribution in [0.5, 0.6) is 0 Å². The predicted octanol–water partition coefficient (Wildman–Crippen LogP) is 4.67. The van der Waals surface area contributed by atoms with Crippen molar-refractivity contribution in [1.82, 2.24) is 4.98 Å². The Hall–Kier alpha value is -1.58. The number of pyridine rings is 1. The number of alkyl halides is 1. The molecule has 102 valence electrons. The van der Waals surface area contributed by atoms with E-state index in [4.69, 9.17) is 16.6 Å². The number of hydrogen-bond acceptors (Lipinski definition) is 3. The van der Waals surface area contributed by atoms with Crippen LogP contribution in [0, 0.1) is 0 Å². The van der Waals surface area contributed by atoms with E-state index in [1.165, 1.54) is 4.88 Å². The molecule has 0 bridgehead atoms. The predicted molar refractivity (Wildman–Crippen MR) is 87.7 cm³/mol. The molecular formula is C16H15ClN2S. The molecule has 0 saturated heterocycles. The van der Waals surface area contributed by atoms with Crippen molar-refractivity contribution < 1.29 is 0 Å². The number of thiophene rings is 1. The van der Waals surface area contributed by atoms with Gasteiger partial charge in [0.1, 0.15) is 5.82 Å². The minimum absolute atomic E-state index is 0.474. The highest BCUT2D eigenvalue weighted by Gasteiger charge is 2.11. The Kier molecular flexibility index (Phi) is 3.90. The van der Waals surface area contributed by atoms with Crippen LogP contribution in [0.1, 0.15) is 10.4 Å². The highest BCUT2D eigenvalue weighted by Crippen LogP contribution is 2.26. The monoisotopic (exact) mass is 302 g/mol. The van der Waals surface area contributed by atoms with Crippen LogP contribution in [0.4, 0.5) is 5.82 Å². The zero-order valence-corrected chi connectivity index (χ0v) is 12.8. The molecule has 2 nitrogen and oxygen atoms in total.